The minimum atomic E-state index is -1.13. The lowest BCUT2D eigenvalue weighted by atomic mass is 9.65. The van der Waals surface area contributed by atoms with E-state index in [1.807, 2.05) is 45.9 Å². The van der Waals surface area contributed by atoms with Gasteiger partial charge >= 0.3 is 5.97 Å². The van der Waals surface area contributed by atoms with Gasteiger partial charge in [0, 0.05) is 17.2 Å². The van der Waals surface area contributed by atoms with E-state index >= 15 is 0 Å². The zero-order valence-corrected chi connectivity index (χ0v) is 24.0. The van der Waals surface area contributed by atoms with Crippen molar-refractivity contribution in [3.8, 4) is 0 Å². The maximum Gasteiger partial charge on any atom is 0.325 e. The van der Waals surface area contributed by atoms with Crippen LogP contribution in [-0.2, 0) is 25.6 Å². The number of carbonyl (C=O) groups is 5. The molecule has 2 aromatic rings. The molecule has 1 fully saturated rings. The van der Waals surface area contributed by atoms with Crippen LogP contribution in [0.2, 0.25) is 0 Å². The van der Waals surface area contributed by atoms with Crippen LogP contribution in [0.25, 0.3) is 0 Å². The van der Waals surface area contributed by atoms with Crippen LogP contribution in [0.1, 0.15) is 67.6 Å². The Morgan fingerprint density at radius 3 is 2.15 bits per heavy atom. The minimum Gasteiger partial charge on any atom is -0.480 e. The molecule has 0 bridgehead atoms. The highest BCUT2D eigenvalue weighted by atomic mass is 16.4. The number of aryl methyl sites for hydroxylation is 2. The first-order valence-electron chi connectivity index (χ1n) is 13.5. The Balaban J connectivity index is 1.63. The lowest BCUT2D eigenvalue weighted by Crippen LogP contribution is -2.53. The number of carboxylic acid groups (broad SMARTS) is 1. The molecule has 4 atom stereocenters. The van der Waals surface area contributed by atoms with E-state index in [4.69, 9.17) is 5.11 Å². The molecule has 1 saturated carbocycles. The molecule has 0 unspecified atom stereocenters. The molecule has 0 radical (unpaired) electrons. The molecule has 1 aliphatic carbocycles. The lowest BCUT2D eigenvalue weighted by Gasteiger charge is -2.40. The SMILES string of the molecule is Cc1cccc(C)c1C(=O)Nc1ccc(C[C@@H](C=O)NC(=O)[C@H]2CC[C@@](C)(C(=O)N[C@@H](C)C(=O)O)C2(C)C)cc1. The molecule has 3 rings (SSSR count). The molecule has 0 saturated heterocycles. The van der Waals surface area contributed by atoms with Crippen LogP contribution in [0.4, 0.5) is 5.69 Å². The molecule has 1 aliphatic rings. The second kappa shape index (κ2) is 12.0. The van der Waals surface area contributed by atoms with Crippen LogP contribution in [0.5, 0.6) is 0 Å². The van der Waals surface area contributed by atoms with Crippen LogP contribution < -0.4 is 16.0 Å². The molecule has 4 N–H and O–H groups in total. The summed E-state index contributed by atoms with van der Waals surface area (Å²) in [5, 5.41) is 17.4. The maximum absolute atomic E-state index is 13.3. The average molecular weight is 550 g/mol. The van der Waals surface area contributed by atoms with Gasteiger partial charge in [-0.2, -0.15) is 0 Å². The molecular formula is C31H39N3O6. The third-order valence-electron chi connectivity index (χ3n) is 8.63. The fraction of sp³-hybridized carbons (Fsp3) is 0.452. The smallest absolute Gasteiger partial charge is 0.325 e. The number of aldehydes is 1. The summed E-state index contributed by atoms with van der Waals surface area (Å²) in [6.07, 6.45) is 1.81. The Morgan fingerprint density at radius 2 is 1.60 bits per heavy atom. The van der Waals surface area contributed by atoms with E-state index in [2.05, 4.69) is 16.0 Å². The maximum atomic E-state index is 13.3. The standard InChI is InChI=1S/C31H39N3O6/c1-18-8-7-9-19(2)25(18)27(37)33-22-12-10-21(11-13-22)16-23(17-35)34-26(36)24-14-15-31(6,30(24,4)5)29(40)32-20(3)28(38)39/h7-13,17,20,23-24H,14-16H2,1-6H3,(H,32,40)(H,33,37)(H,34,36)(H,38,39)/t20-,23-,24+,31-/m0/s1. The van der Waals surface area contributed by atoms with E-state index in [1.165, 1.54) is 6.92 Å². The van der Waals surface area contributed by atoms with Crippen LogP contribution >= 0.6 is 0 Å². The Labute approximate surface area is 235 Å². The van der Waals surface area contributed by atoms with Crippen molar-refractivity contribution in [2.24, 2.45) is 16.7 Å². The second-order valence-electron chi connectivity index (χ2n) is 11.6. The molecule has 9 nitrogen and oxygen atoms in total. The molecule has 2 aromatic carbocycles. The number of nitrogens with one attached hydrogen (secondary N) is 3. The largest absolute Gasteiger partial charge is 0.480 e. The number of anilines is 1. The summed E-state index contributed by atoms with van der Waals surface area (Å²) < 4.78 is 0. The highest BCUT2D eigenvalue weighted by molar-refractivity contribution is 6.06. The highest BCUT2D eigenvalue weighted by Gasteiger charge is 2.58. The van der Waals surface area contributed by atoms with E-state index in [-0.39, 0.29) is 18.2 Å². The van der Waals surface area contributed by atoms with Crippen LogP contribution in [0.15, 0.2) is 42.5 Å². The Kier molecular flexibility index (Phi) is 9.18. The Bertz CT molecular complexity index is 1280. The average Bonchev–Trinajstić information content (AvgIpc) is 3.13. The van der Waals surface area contributed by atoms with Crippen molar-refractivity contribution in [1.82, 2.24) is 10.6 Å². The zero-order valence-electron chi connectivity index (χ0n) is 24.0. The number of hydrogen-bond donors (Lipinski definition) is 4. The van der Waals surface area contributed by atoms with E-state index < -0.39 is 40.7 Å². The summed E-state index contributed by atoms with van der Waals surface area (Å²) in [6, 6.07) is 11.0. The monoisotopic (exact) mass is 549 g/mol. The van der Waals surface area contributed by atoms with Crippen molar-refractivity contribution in [2.45, 2.75) is 72.9 Å². The summed E-state index contributed by atoms with van der Waals surface area (Å²) in [5.74, 6) is -2.58. The van der Waals surface area contributed by atoms with E-state index in [9.17, 15) is 24.0 Å². The molecular weight excluding hydrogens is 510 g/mol. The first-order valence-corrected chi connectivity index (χ1v) is 13.5. The van der Waals surface area contributed by atoms with Gasteiger partial charge in [0.15, 0.2) is 0 Å². The Morgan fingerprint density at radius 1 is 1.00 bits per heavy atom. The van der Waals surface area contributed by atoms with Gasteiger partial charge in [-0.25, -0.2) is 0 Å². The lowest BCUT2D eigenvalue weighted by molar-refractivity contribution is -0.146. The van der Waals surface area contributed by atoms with Crippen LogP contribution in [0.3, 0.4) is 0 Å². The van der Waals surface area contributed by atoms with Crippen LogP contribution in [0, 0.1) is 30.6 Å². The number of hydrogen-bond acceptors (Lipinski definition) is 5. The molecule has 214 valence electrons. The number of benzene rings is 2. The zero-order chi connectivity index (χ0) is 29.8. The number of carbonyl (C=O) groups excluding carboxylic acids is 4. The third-order valence-corrected chi connectivity index (χ3v) is 8.63. The van der Waals surface area contributed by atoms with Gasteiger partial charge in [-0.3, -0.25) is 19.2 Å². The number of aliphatic carboxylic acids is 1. The summed E-state index contributed by atoms with van der Waals surface area (Å²) in [6.45, 7) is 10.6. The number of rotatable bonds is 10. The first-order chi connectivity index (χ1) is 18.7. The second-order valence-corrected chi connectivity index (χ2v) is 11.6. The molecule has 0 aliphatic heterocycles. The Hall–Kier alpha value is -4.01. The first kappa shape index (κ1) is 30.5. The van der Waals surface area contributed by atoms with Gasteiger partial charge in [0.2, 0.25) is 11.8 Å². The molecule has 0 spiro atoms. The van der Waals surface area contributed by atoms with Crippen LogP contribution in [-0.4, -0.2) is 47.2 Å². The van der Waals surface area contributed by atoms with Gasteiger partial charge in [0.1, 0.15) is 12.3 Å². The topological polar surface area (TPSA) is 142 Å². The van der Waals surface area contributed by atoms with Crippen molar-refractivity contribution in [3.05, 3.63) is 64.7 Å². The summed E-state index contributed by atoms with van der Waals surface area (Å²) in [5.41, 5.74) is 2.11. The predicted octanol–water partition coefficient (Wildman–Crippen LogP) is 3.81. The van der Waals surface area contributed by atoms with E-state index in [0.717, 1.165) is 16.7 Å². The van der Waals surface area contributed by atoms with Crippen molar-refractivity contribution >= 4 is 35.7 Å². The summed E-state index contributed by atoms with van der Waals surface area (Å²) in [7, 11) is 0. The van der Waals surface area contributed by atoms with E-state index in [0.29, 0.717) is 30.4 Å². The fourth-order valence-corrected chi connectivity index (χ4v) is 5.54. The van der Waals surface area contributed by atoms with Gasteiger partial charge < -0.3 is 25.9 Å². The quantitative estimate of drug-likeness (QED) is 0.332. The fourth-order valence-electron chi connectivity index (χ4n) is 5.54. The van der Waals surface area contributed by atoms with Crippen molar-refractivity contribution in [3.63, 3.8) is 0 Å². The molecule has 0 aromatic heterocycles. The normalized spacial score (nSPS) is 21.1. The molecule has 0 heterocycles. The van der Waals surface area contributed by atoms with Crippen molar-refractivity contribution in [1.29, 1.82) is 0 Å². The number of carboxylic acids is 1. The van der Waals surface area contributed by atoms with Gasteiger partial charge in [0.05, 0.1) is 11.5 Å². The summed E-state index contributed by atoms with van der Waals surface area (Å²) in [4.78, 5) is 62.2. The summed E-state index contributed by atoms with van der Waals surface area (Å²) >= 11 is 0. The van der Waals surface area contributed by atoms with Gasteiger partial charge in [-0.15, -0.1) is 0 Å². The van der Waals surface area contributed by atoms with E-state index in [1.54, 1.807) is 31.2 Å². The van der Waals surface area contributed by atoms with Crippen molar-refractivity contribution in [2.75, 3.05) is 5.32 Å². The highest BCUT2D eigenvalue weighted by Crippen LogP contribution is 2.56. The molecule has 40 heavy (non-hydrogen) atoms. The predicted molar refractivity (Wildman–Crippen MR) is 152 cm³/mol. The van der Waals surface area contributed by atoms with Crippen molar-refractivity contribution < 1.29 is 29.1 Å². The number of amides is 3. The molecule has 3 amide bonds. The third kappa shape index (κ3) is 6.24. The molecule has 9 heteroatoms. The van der Waals surface area contributed by atoms with Gasteiger partial charge in [-0.1, -0.05) is 51.1 Å². The van der Waals surface area contributed by atoms with Gasteiger partial charge in [-0.05, 0) is 74.3 Å². The van der Waals surface area contributed by atoms with Gasteiger partial charge in [0.25, 0.3) is 5.91 Å². The minimum absolute atomic E-state index is 0.196.